The molecule has 24 heavy (non-hydrogen) atoms. The Labute approximate surface area is 176 Å². The fourth-order valence-electron chi connectivity index (χ4n) is 6.43. The Kier molecular flexibility index (Phi) is 3.29. The van der Waals surface area contributed by atoms with Crippen molar-refractivity contribution >= 4 is 69.7 Å². The average molecular weight is 588 g/mol. The predicted molar refractivity (Wildman–Crippen MR) is 108 cm³/mol. The fraction of sp³-hybridized carbons (Fsp3) is 0.833. The monoisotopic (exact) mass is 584 g/mol. The molecule has 0 radical (unpaired) electrons. The lowest BCUT2D eigenvalue weighted by molar-refractivity contribution is -0.144. The molecule has 5 fully saturated rings. The molecule has 132 valence electrons. The molecular weight excluding hydrogens is 568 g/mol. The lowest BCUT2D eigenvalue weighted by atomic mass is 9.69. The molecule has 0 unspecified atom stereocenters. The van der Waals surface area contributed by atoms with E-state index >= 15 is 0 Å². The summed E-state index contributed by atoms with van der Waals surface area (Å²) in [7, 11) is 0. The van der Waals surface area contributed by atoms with E-state index in [1.165, 1.54) is 12.8 Å². The van der Waals surface area contributed by atoms with Crippen LogP contribution in [0.1, 0.15) is 45.4 Å². The molecule has 5 rings (SSSR count). The molecule has 4 aliphatic carbocycles. The zero-order valence-electron chi connectivity index (χ0n) is 13.5. The molecule has 0 aromatic carbocycles. The van der Waals surface area contributed by atoms with Gasteiger partial charge in [0.15, 0.2) is 0 Å². The van der Waals surface area contributed by atoms with Crippen molar-refractivity contribution in [1.82, 2.24) is 0 Å². The van der Waals surface area contributed by atoms with Gasteiger partial charge < -0.3 is 4.74 Å². The summed E-state index contributed by atoms with van der Waals surface area (Å²) in [6.45, 7) is 6.35. The Hall–Kier alpha value is 1.13. The van der Waals surface area contributed by atoms with Gasteiger partial charge in [0.05, 0.1) is 6.47 Å². The van der Waals surface area contributed by atoms with Crippen LogP contribution in [0.4, 0.5) is 0 Å². The third-order valence-electron chi connectivity index (χ3n) is 8.18. The number of alkyl halides is 4. The van der Waals surface area contributed by atoms with Gasteiger partial charge in [0.25, 0.3) is 0 Å². The second-order valence-corrected chi connectivity index (χ2v) is 16.5. The maximum absolute atomic E-state index is 12.4. The molecule has 2 nitrogen and oxygen atoms in total. The first-order chi connectivity index (χ1) is 11.0. The van der Waals surface area contributed by atoms with Gasteiger partial charge in [-0.25, -0.2) is 4.79 Å². The first-order valence-corrected chi connectivity index (χ1v) is 11.8. The topological polar surface area (TPSA) is 26.3 Å². The Morgan fingerprint density at radius 1 is 1.04 bits per heavy atom. The molecule has 2 spiro atoms. The van der Waals surface area contributed by atoms with Gasteiger partial charge in [0, 0.05) is 27.7 Å². The van der Waals surface area contributed by atoms with Gasteiger partial charge in [-0.2, -0.15) is 0 Å². The van der Waals surface area contributed by atoms with Gasteiger partial charge >= 0.3 is 5.97 Å². The third-order valence-corrected chi connectivity index (χ3v) is 12.5. The van der Waals surface area contributed by atoms with E-state index in [4.69, 9.17) is 4.74 Å². The third kappa shape index (κ3) is 1.76. The maximum atomic E-state index is 12.4. The lowest BCUT2D eigenvalue weighted by Gasteiger charge is -2.37. The van der Waals surface area contributed by atoms with Crippen LogP contribution in [0, 0.1) is 28.1 Å². The molecule has 4 saturated carbocycles. The van der Waals surface area contributed by atoms with Crippen molar-refractivity contribution in [3.05, 3.63) is 12.2 Å². The molecule has 6 atom stereocenters. The molecule has 0 N–H and O–H groups in total. The molecule has 0 amide bonds. The highest BCUT2D eigenvalue weighted by Crippen LogP contribution is 2.85. The predicted octanol–water partition coefficient (Wildman–Crippen LogP) is 6.05. The van der Waals surface area contributed by atoms with E-state index in [2.05, 4.69) is 77.2 Å². The number of halogens is 4. The first kappa shape index (κ1) is 17.2. The molecule has 1 saturated heterocycles. The van der Waals surface area contributed by atoms with Crippen molar-refractivity contribution in [1.29, 1.82) is 0 Å². The number of esters is 1. The minimum Gasteiger partial charge on any atom is -0.458 e. The lowest BCUT2D eigenvalue weighted by Crippen LogP contribution is -2.41. The van der Waals surface area contributed by atoms with Crippen molar-refractivity contribution in [2.24, 2.45) is 28.1 Å². The summed E-state index contributed by atoms with van der Waals surface area (Å²) in [6.07, 6.45) is 6.79. The zero-order valence-corrected chi connectivity index (χ0v) is 19.9. The first-order valence-electron chi connectivity index (χ1n) is 8.67. The van der Waals surface area contributed by atoms with E-state index in [0.29, 0.717) is 17.4 Å². The van der Waals surface area contributed by atoms with E-state index in [1.807, 2.05) is 0 Å². The minimum atomic E-state index is -0.224. The Morgan fingerprint density at radius 2 is 1.62 bits per heavy atom. The van der Waals surface area contributed by atoms with Crippen molar-refractivity contribution in [2.45, 2.75) is 58.0 Å². The van der Waals surface area contributed by atoms with Gasteiger partial charge in [0.1, 0.15) is 6.10 Å². The van der Waals surface area contributed by atoms with E-state index in [9.17, 15) is 4.79 Å². The van der Waals surface area contributed by atoms with E-state index < -0.39 is 0 Å². The SMILES string of the molecule is C=C1C(=O)O[C@@H]2[C@@H]3[C@@H](CC[C@]34CC4(Br)Br)[C@]3(CC[C@@]12C)CC3(Br)Br. The highest BCUT2D eigenvalue weighted by molar-refractivity contribution is 9.26. The van der Waals surface area contributed by atoms with Gasteiger partial charge in [-0.1, -0.05) is 77.2 Å². The van der Waals surface area contributed by atoms with Gasteiger partial charge in [-0.05, 0) is 44.4 Å². The molecule has 5 aliphatic rings. The summed E-state index contributed by atoms with van der Waals surface area (Å²) in [6, 6.07) is 0. The highest BCUT2D eigenvalue weighted by Gasteiger charge is 2.82. The number of carbonyl (C=O) groups excluding carboxylic acids is 1. The molecule has 6 heteroatoms. The van der Waals surface area contributed by atoms with Crippen molar-refractivity contribution in [3.8, 4) is 0 Å². The van der Waals surface area contributed by atoms with Crippen LogP contribution in [0.15, 0.2) is 12.2 Å². The van der Waals surface area contributed by atoms with Crippen LogP contribution in [0.5, 0.6) is 0 Å². The standard InChI is InChI=1S/C18H20Br4O2/c1-9-13(23)24-12-11-10(3-4-16(11)8-18(16,21)22)15(7-17(15,19)20)6-5-14(9,12)2/h10-12H,1,3-8H2,2H3/t10-,11+,12-,14+,15+,16+/m1/s1. The maximum Gasteiger partial charge on any atom is 0.334 e. The van der Waals surface area contributed by atoms with Crippen LogP contribution in [-0.2, 0) is 9.53 Å². The van der Waals surface area contributed by atoms with Crippen molar-refractivity contribution < 1.29 is 9.53 Å². The summed E-state index contributed by atoms with van der Waals surface area (Å²) in [5.74, 6) is 0.803. The number of rotatable bonds is 0. The second kappa shape index (κ2) is 4.57. The number of hydrogen-bond acceptors (Lipinski definition) is 2. The van der Waals surface area contributed by atoms with Crippen LogP contribution in [0.3, 0.4) is 0 Å². The molecule has 0 aromatic rings. The normalized spacial score (nSPS) is 56.0. The Balaban J connectivity index is 1.66. The highest BCUT2D eigenvalue weighted by atomic mass is 79.9. The van der Waals surface area contributed by atoms with Crippen LogP contribution in [0.2, 0.25) is 0 Å². The number of ether oxygens (including phenoxy) is 1. The van der Waals surface area contributed by atoms with Crippen LogP contribution in [-0.4, -0.2) is 18.5 Å². The fourth-order valence-corrected chi connectivity index (χ4v) is 10.3. The largest absolute Gasteiger partial charge is 0.458 e. The summed E-state index contributed by atoms with van der Waals surface area (Å²) in [5.41, 5.74) is 0.943. The number of carbonyl (C=O) groups is 1. The van der Waals surface area contributed by atoms with Crippen molar-refractivity contribution in [2.75, 3.05) is 0 Å². The van der Waals surface area contributed by atoms with E-state index in [-0.39, 0.29) is 34.8 Å². The number of fused-ring (bicyclic) bond motifs is 5. The number of hydrogen-bond donors (Lipinski definition) is 0. The summed E-state index contributed by atoms with van der Waals surface area (Å²) in [4.78, 5) is 12.4. The molecule has 0 bridgehead atoms. The second-order valence-electron chi connectivity index (χ2n) is 8.97. The summed E-state index contributed by atoms with van der Waals surface area (Å²) in [5, 5.41) is 0. The van der Waals surface area contributed by atoms with Crippen molar-refractivity contribution in [3.63, 3.8) is 0 Å². The van der Waals surface area contributed by atoms with Gasteiger partial charge in [0.2, 0.25) is 0 Å². The van der Waals surface area contributed by atoms with Gasteiger partial charge in [-0.3, -0.25) is 0 Å². The summed E-state index contributed by atoms with van der Waals surface area (Å²) >= 11 is 15.7. The van der Waals surface area contributed by atoms with Crippen LogP contribution < -0.4 is 0 Å². The Morgan fingerprint density at radius 3 is 2.17 bits per heavy atom. The molecule has 1 heterocycles. The summed E-state index contributed by atoms with van der Waals surface area (Å²) < 4.78 is 6.08. The minimum absolute atomic E-state index is 0.00532. The average Bonchev–Trinajstić information content (AvgIpc) is 3.12. The molecule has 0 aromatic heterocycles. The quantitative estimate of drug-likeness (QED) is 0.196. The van der Waals surface area contributed by atoms with E-state index in [0.717, 1.165) is 25.7 Å². The van der Waals surface area contributed by atoms with Gasteiger partial charge in [-0.15, -0.1) is 0 Å². The molecule has 1 aliphatic heterocycles. The van der Waals surface area contributed by atoms with Crippen LogP contribution in [0.25, 0.3) is 0 Å². The Bertz CT molecular complexity index is 689. The van der Waals surface area contributed by atoms with Crippen LogP contribution >= 0.6 is 63.7 Å². The molecular formula is C18H20Br4O2. The van der Waals surface area contributed by atoms with E-state index in [1.54, 1.807) is 0 Å². The zero-order chi connectivity index (χ0) is 17.3. The smallest absolute Gasteiger partial charge is 0.334 e.